The number of nitrogens with zero attached hydrogens (tertiary/aromatic N) is 2. The standard InChI is InChI=1S/C53H40N2O2/c1-30-26-27-52(4)48-32(3)49-47(31(2)46(30)48)36-16-8-10-18-39(36)53(49)40-19-11-13-21-43(40)56-44-25-23-34(28-41(44)53)55(52)35-22-24-38-45(29-35)57-51-37-17-9-12-20-42(37)54(50(38)51)33-14-6-5-7-15-33/h5-32H,1-4H3. The molecular weight excluding hydrogens is 697 g/mol. The fraction of sp³-hybridized carbons (Fsp3) is 0.170. The van der Waals surface area contributed by atoms with Crippen LogP contribution in [0.1, 0.15) is 49.9 Å². The Morgan fingerprint density at radius 2 is 1.32 bits per heavy atom. The minimum Gasteiger partial charge on any atom is -0.457 e. The van der Waals surface area contributed by atoms with E-state index in [-0.39, 0.29) is 11.8 Å². The first-order valence-electron chi connectivity index (χ1n) is 20.4. The van der Waals surface area contributed by atoms with Gasteiger partial charge in [0, 0.05) is 56.9 Å². The number of fused-ring (bicyclic) bond motifs is 9. The number of rotatable bonds is 2. The minimum absolute atomic E-state index is 0.152. The van der Waals surface area contributed by atoms with E-state index in [0.717, 1.165) is 61.5 Å². The summed E-state index contributed by atoms with van der Waals surface area (Å²) in [6.45, 7) is 9.81. The van der Waals surface area contributed by atoms with Gasteiger partial charge in [0.25, 0.3) is 0 Å². The predicted octanol–water partition coefficient (Wildman–Crippen LogP) is 13.4. The molecular formula is C53H40N2O2. The quantitative estimate of drug-likeness (QED) is 0.166. The van der Waals surface area contributed by atoms with Gasteiger partial charge in [-0.1, -0.05) is 111 Å². The van der Waals surface area contributed by atoms with Crippen LogP contribution in [0.2, 0.25) is 0 Å². The Labute approximate surface area is 331 Å². The number of hydrogen-bond acceptors (Lipinski definition) is 3. The first-order valence-corrected chi connectivity index (χ1v) is 20.4. The maximum atomic E-state index is 6.98. The van der Waals surface area contributed by atoms with E-state index in [0.29, 0.717) is 5.92 Å². The van der Waals surface area contributed by atoms with Gasteiger partial charge in [-0.05, 0) is 101 Å². The molecule has 13 rings (SSSR count). The second kappa shape index (κ2) is 10.7. The summed E-state index contributed by atoms with van der Waals surface area (Å²) in [7, 11) is 0. The number of benzene rings is 6. The maximum absolute atomic E-state index is 6.98. The monoisotopic (exact) mass is 736 g/mol. The Morgan fingerprint density at radius 1 is 0.596 bits per heavy atom. The zero-order valence-corrected chi connectivity index (χ0v) is 32.4. The number of hydrogen-bond donors (Lipinski definition) is 0. The molecule has 0 fully saturated rings. The third kappa shape index (κ3) is 3.66. The number of anilines is 2. The Bertz CT molecular complexity index is 3190. The lowest BCUT2D eigenvalue weighted by molar-refractivity contribution is 0.423. The second-order valence-electron chi connectivity index (χ2n) is 17.0. The van der Waals surface area contributed by atoms with Gasteiger partial charge in [-0.2, -0.15) is 0 Å². The molecule has 274 valence electrons. The van der Waals surface area contributed by atoms with Crippen LogP contribution in [0.5, 0.6) is 11.5 Å². The summed E-state index contributed by atoms with van der Waals surface area (Å²) in [6, 6.07) is 51.1. The highest BCUT2D eigenvalue weighted by atomic mass is 16.5. The molecule has 57 heavy (non-hydrogen) atoms. The van der Waals surface area contributed by atoms with E-state index in [1.807, 2.05) is 0 Å². The van der Waals surface area contributed by atoms with Crippen LogP contribution < -0.4 is 9.64 Å². The van der Waals surface area contributed by atoms with Crippen molar-refractivity contribution in [1.82, 2.24) is 4.57 Å². The summed E-state index contributed by atoms with van der Waals surface area (Å²) in [6.07, 6.45) is 4.96. The molecule has 0 N–H and O–H groups in total. The van der Waals surface area contributed by atoms with Crippen molar-refractivity contribution < 1.29 is 9.15 Å². The van der Waals surface area contributed by atoms with Crippen LogP contribution >= 0.6 is 0 Å². The van der Waals surface area contributed by atoms with Crippen LogP contribution in [-0.4, -0.2) is 10.1 Å². The largest absolute Gasteiger partial charge is 0.457 e. The van der Waals surface area contributed by atoms with Crippen molar-refractivity contribution in [3.63, 3.8) is 0 Å². The van der Waals surface area contributed by atoms with Crippen molar-refractivity contribution in [2.45, 2.75) is 38.6 Å². The van der Waals surface area contributed by atoms with Gasteiger partial charge in [0.15, 0.2) is 5.58 Å². The molecule has 4 nitrogen and oxygen atoms in total. The lowest BCUT2D eigenvalue weighted by atomic mass is 9.56. The Morgan fingerprint density at radius 3 is 2.19 bits per heavy atom. The van der Waals surface area contributed by atoms with E-state index in [9.17, 15) is 0 Å². The smallest absolute Gasteiger partial charge is 0.161 e. The molecule has 0 saturated heterocycles. The van der Waals surface area contributed by atoms with Gasteiger partial charge in [0.05, 0.1) is 16.5 Å². The van der Waals surface area contributed by atoms with E-state index < -0.39 is 11.0 Å². The molecule has 2 aliphatic heterocycles. The fourth-order valence-electron chi connectivity index (χ4n) is 12.3. The van der Waals surface area contributed by atoms with Gasteiger partial charge < -0.3 is 18.6 Å². The van der Waals surface area contributed by atoms with Gasteiger partial charge in [-0.25, -0.2) is 0 Å². The molecule has 4 heteroatoms. The number of furan rings is 1. The number of para-hydroxylation sites is 3. The van der Waals surface area contributed by atoms with E-state index in [1.54, 1.807) is 5.57 Å². The van der Waals surface area contributed by atoms with Crippen molar-refractivity contribution in [2.24, 2.45) is 17.8 Å². The zero-order valence-electron chi connectivity index (χ0n) is 32.4. The third-order valence-corrected chi connectivity index (χ3v) is 14.3. The van der Waals surface area contributed by atoms with Crippen LogP contribution in [0.3, 0.4) is 0 Å². The van der Waals surface area contributed by atoms with Crippen LogP contribution in [-0.2, 0) is 5.41 Å². The first kappa shape index (κ1) is 31.7. The Balaban J connectivity index is 1.13. The van der Waals surface area contributed by atoms with Gasteiger partial charge in [0.2, 0.25) is 0 Å². The van der Waals surface area contributed by atoms with Crippen molar-refractivity contribution in [3.05, 3.63) is 191 Å². The normalized spacial score (nSPS) is 25.1. The highest BCUT2D eigenvalue weighted by Crippen LogP contribution is 2.69. The van der Waals surface area contributed by atoms with Gasteiger partial charge >= 0.3 is 0 Å². The second-order valence-corrected chi connectivity index (χ2v) is 17.0. The molecule has 8 aromatic rings. The molecule has 3 aliphatic carbocycles. The van der Waals surface area contributed by atoms with E-state index in [4.69, 9.17) is 9.15 Å². The summed E-state index contributed by atoms with van der Waals surface area (Å²) >= 11 is 0. The average molecular weight is 737 g/mol. The Hall–Kier alpha value is -6.52. The number of ether oxygens (including phenoxy) is 1. The molecule has 5 atom stereocenters. The first-order chi connectivity index (χ1) is 27.9. The summed E-state index contributed by atoms with van der Waals surface area (Å²) in [5.74, 6) is 2.57. The van der Waals surface area contributed by atoms with Gasteiger partial charge in [0.1, 0.15) is 22.6 Å². The van der Waals surface area contributed by atoms with E-state index in [1.165, 1.54) is 39.0 Å². The summed E-state index contributed by atoms with van der Waals surface area (Å²) < 4.78 is 16.2. The van der Waals surface area contributed by atoms with Crippen molar-refractivity contribution in [3.8, 4) is 17.2 Å². The molecule has 5 unspecified atom stereocenters. The van der Waals surface area contributed by atoms with Crippen LogP contribution in [0.4, 0.5) is 11.4 Å². The SMILES string of the molecule is CC1C=CC2(C)C3=C1C(C)C1=C(C3C)C3(c4ccccc4Oc4ccc(cc43)N2c2ccc3c(c2)oc2c4ccccc4n(-c4ccccc4)c32)c2ccccc21. The highest BCUT2D eigenvalue weighted by Gasteiger charge is 2.59. The van der Waals surface area contributed by atoms with Crippen LogP contribution in [0, 0.1) is 17.8 Å². The molecule has 6 aromatic carbocycles. The molecule has 4 heterocycles. The molecule has 0 radical (unpaired) electrons. The van der Waals surface area contributed by atoms with Gasteiger partial charge in [-0.15, -0.1) is 0 Å². The van der Waals surface area contributed by atoms with E-state index >= 15 is 0 Å². The lowest BCUT2D eigenvalue weighted by Gasteiger charge is -2.51. The maximum Gasteiger partial charge on any atom is 0.161 e. The van der Waals surface area contributed by atoms with Crippen molar-refractivity contribution >= 4 is 49.9 Å². The average Bonchev–Trinajstić information content (AvgIpc) is 3.87. The number of allylic oxidation sites excluding steroid dienone is 4. The summed E-state index contributed by atoms with van der Waals surface area (Å²) in [5, 5.41) is 2.22. The minimum atomic E-state index is -0.486. The number of aromatic nitrogens is 1. The molecule has 0 saturated carbocycles. The topological polar surface area (TPSA) is 30.5 Å². The summed E-state index contributed by atoms with van der Waals surface area (Å²) in [4.78, 5) is 2.59. The molecule has 4 bridgehead atoms. The van der Waals surface area contributed by atoms with Crippen LogP contribution in [0.15, 0.2) is 173 Å². The third-order valence-electron chi connectivity index (χ3n) is 14.3. The highest BCUT2D eigenvalue weighted by molar-refractivity contribution is 6.17. The summed E-state index contributed by atoms with van der Waals surface area (Å²) in [5.41, 5.74) is 17.7. The predicted molar refractivity (Wildman–Crippen MR) is 231 cm³/mol. The van der Waals surface area contributed by atoms with Crippen molar-refractivity contribution in [1.29, 1.82) is 0 Å². The molecule has 0 amide bonds. The molecule has 2 aromatic heterocycles. The van der Waals surface area contributed by atoms with Crippen LogP contribution in [0.25, 0.3) is 44.2 Å². The lowest BCUT2D eigenvalue weighted by Crippen LogP contribution is -2.49. The molecule has 5 aliphatic rings. The zero-order chi connectivity index (χ0) is 37.9. The van der Waals surface area contributed by atoms with E-state index in [2.05, 4.69) is 189 Å². The van der Waals surface area contributed by atoms with Gasteiger partial charge in [-0.3, -0.25) is 0 Å². The Kier molecular flexibility index (Phi) is 5.92. The fourth-order valence-corrected chi connectivity index (χ4v) is 12.3. The van der Waals surface area contributed by atoms with Crippen molar-refractivity contribution in [2.75, 3.05) is 4.90 Å². The molecule has 1 spiro atoms.